The zero-order valence-electron chi connectivity index (χ0n) is 12.9. The van der Waals surface area contributed by atoms with E-state index >= 15 is 0 Å². The lowest BCUT2D eigenvalue weighted by atomic mass is 10.2. The van der Waals surface area contributed by atoms with E-state index in [-0.39, 0.29) is 23.3 Å². The molecule has 7 heteroatoms. The summed E-state index contributed by atoms with van der Waals surface area (Å²) in [4.78, 5) is 0.0898. The maximum atomic E-state index is 12.8. The molecule has 1 aromatic rings. The van der Waals surface area contributed by atoms with E-state index in [1.165, 1.54) is 30.7 Å². The minimum absolute atomic E-state index is 0.0898. The molecular weight excluding hydrogens is 294 g/mol. The smallest absolute Gasteiger partial charge is 0.247 e. The summed E-state index contributed by atoms with van der Waals surface area (Å²) >= 11 is 0. The largest absolute Gasteiger partial charge is 0.495 e. The molecular formula is C14H23NO5S. The van der Waals surface area contributed by atoms with Crippen LogP contribution in [0.5, 0.6) is 5.75 Å². The van der Waals surface area contributed by atoms with Crippen LogP contribution in [0.25, 0.3) is 0 Å². The molecule has 0 radical (unpaired) electrons. The molecule has 6 nitrogen and oxygen atoms in total. The first-order valence-corrected chi connectivity index (χ1v) is 8.14. The van der Waals surface area contributed by atoms with Crippen molar-refractivity contribution in [3.63, 3.8) is 0 Å². The van der Waals surface area contributed by atoms with Gasteiger partial charge in [-0.25, -0.2) is 8.42 Å². The maximum Gasteiger partial charge on any atom is 0.247 e. The predicted molar refractivity (Wildman–Crippen MR) is 79.8 cm³/mol. The van der Waals surface area contributed by atoms with Gasteiger partial charge in [0.05, 0.1) is 20.3 Å². The summed E-state index contributed by atoms with van der Waals surface area (Å²) in [6.07, 6.45) is 0. The van der Waals surface area contributed by atoms with Crippen LogP contribution in [0, 0.1) is 0 Å². The van der Waals surface area contributed by atoms with Gasteiger partial charge in [0.2, 0.25) is 10.0 Å². The molecule has 0 aliphatic carbocycles. The molecule has 0 aromatic heterocycles. The zero-order valence-corrected chi connectivity index (χ0v) is 13.7. The predicted octanol–water partition coefficient (Wildman–Crippen LogP) is 1.23. The molecule has 0 saturated carbocycles. The van der Waals surface area contributed by atoms with Crippen molar-refractivity contribution in [2.24, 2.45) is 0 Å². The molecule has 1 aromatic carbocycles. The third-order valence-corrected chi connectivity index (χ3v) is 5.34. The van der Waals surface area contributed by atoms with Crippen molar-refractivity contribution in [3.8, 4) is 5.75 Å². The van der Waals surface area contributed by atoms with E-state index in [2.05, 4.69) is 0 Å². The van der Waals surface area contributed by atoms with E-state index in [1.807, 2.05) is 0 Å². The maximum absolute atomic E-state index is 12.8. The molecule has 1 atom stereocenters. The molecule has 0 fully saturated rings. The normalized spacial score (nSPS) is 13.4. The van der Waals surface area contributed by atoms with Gasteiger partial charge < -0.3 is 14.6 Å². The molecule has 0 heterocycles. The second kappa shape index (κ2) is 7.74. The molecule has 0 bridgehead atoms. The Kier molecular flexibility index (Phi) is 6.60. The Morgan fingerprint density at radius 3 is 2.48 bits per heavy atom. The Balaban J connectivity index is 3.28. The lowest BCUT2D eigenvalue weighted by molar-refractivity contribution is 0.142. The molecule has 1 unspecified atom stereocenters. The van der Waals surface area contributed by atoms with Gasteiger partial charge >= 0.3 is 0 Å². The van der Waals surface area contributed by atoms with E-state index < -0.39 is 10.0 Å². The van der Waals surface area contributed by atoms with Crippen LogP contribution >= 0.6 is 0 Å². The highest BCUT2D eigenvalue weighted by atomic mass is 32.2. The molecule has 120 valence electrons. The van der Waals surface area contributed by atoms with Crippen LogP contribution in [0.4, 0.5) is 0 Å². The highest BCUT2D eigenvalue weighted by molar-refractivity contribution is 7.89. The summed E-state index contributed by atoms with van der Waals surface area (Å²) in [6.45, 7) is 4.04. The number of sulfonamides is 1. The fourth-order valence-electron chi connectivity index (χ4n) is 2.19. The van der Waals surface area contributed by atoms with Crippen molar-refractivity contribution in [2.45, 2.75) is 31.4 Å². The summed E-state index contributed by atoms with van der Waals surface area (Å²) in [5.41, 5.74) is 0.596. The third-order valence-electron chi connectivity index (χ3n) is 3.21. The van der Waals surface area contributed by atoms with E-state index in [9.17, 15) is 8.42 Å². The quantitative estimate of drug-likeness (QED) is 0.780. The van der Waals surface area contributed by atoms with E-state index in [4.69, 9.17) is 14.6 Å². The number of aliphatic hydroxyl groups excluding tert-OH is 1. The number of hydrogen-bond donors (Lipinski definition) is 1. The molecule has 0 aliphatic rings. The lowest BCUT2D eigenvalue weighted by Crippen LogP contribution is -2.40. The van der Waals surface area contributed by atoms with Crippen LogP contribution in [0.2, 0.25) is 0 Å². The fourth-order valence-corrected chi connectivity index (χ4v) is 3.96. The molecule has 0 amide bonds. The number of methoxy groups -OCH3 is 2. The Labute approximate surface area is 126 Å². The first kappa shape index (κ1) is 17.9. The second-order valence-corrected chi connectivity index (χ2v) is 6.52. The van der Waals surface area contributed by atoms with Gasteiger partial charge in [0.25, 0.3) is 0 Å². The van der Waals surface area contributed by atoms with Gasteiger partial charge in [-0.2, -0.15) is 4.31 Å². The van der Waals surface area contributed by atoms with Crippen molar-refractivity contribution in [1.82, 2.24) is 4.31 Å². The van der Waals surface area contributed by atoms with Crippen LogP contribution in [-0.4, -0.2) is 51.2 Å². The number of aliphatic hydroxyl groups is 1. The number of ether oxygens (including phenoxy) is 2. The first-order valence-electron chi connectivity index (χ1n) is 6.70. The van der Waals surface area contributed by atoms with Crippen molar-refractivity contribution in [3.05, 3.63) is 23.8 Å². The minimum Gasteiger partial charge on any atom is -0.495 e. The van der Waals surface area contributed by atoms with Gasteiger partial charge in [0.15, 0.2) is 0 Å². The zero-order chi connectivity index (χ0) is 16.0. The SMILES string of the molecule is CCN(C(C)COC)S(=O)(=O)c1ccc(CO)cc1OC. The van der Waals surface area contributed by atoms with E-state index in [0.717, 1.165) is 0 Å². The van der Waals surface area contributed by atoms with Gasteiger partial charge in [0, 0.05) is 19.7 Å². The van der Waals surface area contributed by atoms with Gasteiger partial charge in [-0.1, -0.05) is 13.0 Å². The van der Waals surface area contributed by atoms with Crippen LogP contribution in [0.15, 0.2) is 23.1 Å². The molecule has 0 aliphatic heterocycles. The fraction of sp³-hybridized carbons (Fsp3) is 0.571. The van der Waals surface area contributed by atoms with Crippen molar-refractivity contribution in [2.75, 3.05) is 27.4 Å². The summed E-state index contributed by atoms with van der Waals surface area (Å²) in [7, 11) is -0.751. The molecule has 1 N–H and O–H groups in total. The average molecular weight is 317 g/mol. The highest BCUT2D eigenvalue weighted by Gasteiger charge is 2.30. The van der Waals surface area contributed by atoms with Gasteiger partial charge in [-0.3, -0.25) is 0 Å². The third kappa shape index (κ3) is 3.94. The van der Waals surface area contributed by atoms with E-state index in [0.29, 0.717) is 18.7 Å². The Morgan fingerprint density at radius 2 is 2.00 bits per heavy atom. The van der Waals surface area contributed by atoms with Gasteiger partial charge in [-0.15, -0.1) is 0 Å². The standard InChI is InChI=1S/C14H23NO5S/c1-5-15(11(2)10-19-3)21(17,18)14-7-6-12(9-16)8-13(14)20-4/h6-8,11,16H,5,9-10H2,1-4H3. The molecule has 21 heavy (non-hydrogen) atoms. The summed E-state index contributed by atoms with van der Waals surface area (Å²) in [6, 6.07) is 4.28. The Morgan fingerprint density at radius 1 is 1.33 bits per heavy atom. The highest BCUT2D eigenvalue weighted by Crippen LogP contribution is 2.29. The molecule has 0 spiro atoms. The van der Waals surface area contributed by atoms with Crippen molar-refractivity contribution < 1.29 is 23.0 Å². The van der Waals surface area contributed by atoms with Crippen LogP contribution in [-0.2, 0) is 21.4 Å². The van der Waals surface area contributed by atoms with E-state index in [1.54, 1.807) is 19.9 Å². The topological polar surface area (TPSA) is 76.1 Å². The number of hydrogen-bond acceptors (Lipinski definition) is 5. The summed E-state index contributed by atoms with van der Waals surface area (Å²) in [5.74, 6) is 0.226. The number of rotatable bonds is 8. The Hall–Kier alpha value is -1.15. The minimum atomic E-state index is -3.69. The summed E-state index contributed by atoms with van der Waals surface area (Å²) < 4.78 is 37.1. The number of nitrogens with zero attached hydrogens (tertiary/aromatic N) is 1. The van der Waals surface area contributed by atoms with Crippen molar-refractivity contribution in [1.29, 1.82) is 0 Å². The Bertz CT molecular complexity index is 558. The number of benzene rings is 1. The van der Waals surface area contributed by atoms with Crippen LogP contribution in [0.3, 0.4) is 0 Å². The van der Waals surface area contributed by atoms with Crippen LogP contribution < -0.4 is 4.74 Å². The number of likely N-dealkylation sites (N-methyl/N-ethyl adjacent to an activating group) is 1. The van der Waals surface area contributed by atoms with Gasteiger partial charge in [0.1, 0.15) is 10.6 Å². The average Bonchev–Trinajstić information content (AvgIpc) is 2.47. The van der Waals surface area contributed by atoms with Crippen LogP contribution in [0.1, 0.15) is 19.4 Å². The second-order valence-electron chi connectivity index (χ2n) is 4.66. The van der Waals surface area contributed by atoms with Gasteiger partial charge in [-0.05, 0) is 24.6 Å². The first-order chi connectivity index (χ1) is 9.92. The molecule has 1 rings (SSSR count). The lowest BCUT2D eigenvalue weighted by Gasteiger charge is -2.27. The molecule has 0 saturated heterocycles. The summed E-state index contributed by atoms with van der Waals surface area (Å²) in [5, 5.41) is 9.13. The van der Waals surface area contributed by atoms with Crippen molar-refractivity contribution >= 4 is 10.0 Å². The monoisotopic (exact) mass is 317 g/mol.